The lowest BCUT2D eigenvalue weighted by Crippen LogP contribution is -1.99. The van der Waals surface area contributed by atoms with E-state index in [1.54, 1.807) is 12.3 Å². The molecule has 0 saturated heterocycles. The molecule has 3 nitrogen and oxygen atoms in total. The van der Waals surface area contributed by atoms with E-state index in [2.05, 4.69) is 20.9 Å². The maximum absolute atomic E-state index is 5.95. The lowest BCUT2D eigenvalue weighted by molar-refractivity contribution is 0.458. The maximum Gasteiger partial charge on any atom is 0.219 e. The molecule has 1 heterocycles. The Morgan fingerprint density at radius 2 is 2.17 bits per heavy atom. The fourth-order valence-corrected chi connectivity index (χ4v) is 2.17. The molecule has 0 radical (unpaired) electrons. The lowest BCUT2D eigenvalue weighted by atomic mass is 10.2. The third kappa shape index (κ3) is 3.02. The van der Waals surface area contributed by atoms with E-state index < -0.39 is 0 Å². The van der Waals surface area contributed by atoms with Crippen molar-refractivity contribution in [2.75, 3.05) is 0 Å². The average molecular weight is 328 g/mol. The van der Waals surface area contributed by atoms with Gasteiger partial charge in [0.1, 0.15) is 5.75 Å². The number of hydrogen-bond donors (Lipinski definition) is 1. The Kier molecular flexibility index (Phi) is 4.22. The molecule has 0 spiro atoms. The number of nitrogens with two attached hydrogens (primary N) is 1. The minimum Gasteiger partial charge on any atom is -0.439 e. The molecule has 1 aromatic carbocycles. The maximum atomic E-state index is 5.95. The summed E-state index contributed by atoms with van der Waals surface area (Å²) in [6.45, 7) is 2.33. The Bertz CT molecular complexity index is 575. The van der Waals surface area contributed by atoms with Crippen LogP contribution in [-0.4, -0.2) is 4.98 Å². The van der Waals surface area contributed by atoms with Crippen molar-refractivity contribution in [1.29, 1.82) is 0 Å². The number of pyridine rings is 1. The van der Waals surface area contributed by atoms with Crippen LogP contribution >= 0.6 is 27.5 Å². The first-order valence-electron chi connectivity index (χ1n) is 5.38. The molecule has 0 aliphatic carbocycles. The van der Waals surface area contributed by atoms with E-state index in [1.807, 2.05) is 25.1 Å². The summed E-state index contributed by atoms with van der Waals surface area (Å²) in [7, 11) is 0. The summed E-state index contributed by atoms with van der Waals surface area (Å²) in [5.41, 5.74) is 7.43. The molecule has 2 aromatic rings. The Labute approximate surface area is 119 Å². The van der Waals surface area contributed by atoms with Crippen molar-refractivity contribution in [3.05, 3.63) is 51.1 Å². The monoisotopic (exact) mass is 326 g/mol. The van der Waals surface area contributed by atoms with Crippen molar-refractivity contribution in [3.63, 3.8) is 0 Å². The van der Waals surface area contributed by atoms with Crippen molar-refractivity contribution in [3.8, 4) is 11.6 Å². The standard InChI is InChI=1S/C13H12BrClN2O/c1-8-4-10(14)2-3-12(8)18-13-5-9(6-16)11(15)7-17-13/h2-5,7H,6,16H2,1H3. The average Bonchev–Trinajstić information content (AvgIpc) is 2.35. The molecule has 0 bridgehead atoms. The second-order valence-electron chi connectivity index (χ2n) is 3.83. The van der Waals surface area contributed by atoms with Crippen LogP contribution in [0.4, 0.5) is 0 Å². The van der Waals surface area contributed by atoms with Gasteiger partial charge < -0.3 is 10.5 Å². The van der Waals surface area contributed by atoms with Crippen LogP contribution in [-0.2, 0) is 6.54 Å². The Morgan fingerprint density at radius 3 is 2.83 bits per heavy atom. The van der Waals surface area contributed by atoms with Crippen LogP contribution in [0.15, 0.2) is 34.9 Å². The number of nitrogens with zero attached hydrogens (tertiary/aromatic N) is 1. The Morgan fingerprint density at radius 1 is 1.39 bits per heavy atom. The van der Waals surface area contributed by atoms with Gasteiger partial charge in [0.25, 0.3) is 0 Å². The molecular weight excluding hydrogens is 316 g/mol. The summed E-state index contributed by atoms with van der Waals surface area (Å²) in [6, 6.07) is 7.54. The molecule has 0 saturated carbocycles. The van der Waals surface area contributed by atoms with Gasteiger partial charge in [-0.05, 0) is 36.2 Å². The molecule has 0 aliphatic heterocycles. The summed E-state index contributed by atoms with van der Waals surface area (Å²) < 4.78 is 6.73. The predicted octanol–water partition coefficient (Wildman–Crippen LogP) is 4.06. The number of ether oxygens (including phenoxy) is 1. The van der Waals surface area contributed by atoms with Crippen molar-refractivity contribution in [2.24, 2.45) is 5.73 Å². The van der Waals surface area contributed by atoms with E-state index in [0.29, 0.717) is 17.4 Å². The lowest BCUT2D eigenvalue weighted by Gasteiger charge is -2.09. The van der Waals surface area contributed by atoms with Crippen LogP contribution in [0, 0.1) is 6.92 Å². The smallest absolute Gasteiger partial charge is 0.219 e. The zero-order valence-corrected chi connectivity index (χ0v) is 12.1. The van der Waals surface area contributed by atoms with Crippen molar-refractivity contribution in [2.45, 2.75) is 13.5 Å². The number of aryl methyl sites for hydroxylation is 1. The Hall–Kier alpha value is -1.10. The van der Waals surface area contributed by atoms with Gasteiger partial charge in [-0.3, -0.25) is 0 Å². The van der Waals surface area contributed by atoms with Crippen LogP contribution in [0.25, 0.3) is 0 Å². The Balaban J connectivity index is 2.28. The highest BCUT2D eigenvalue weighted by atomic mass is 79.9. The molecule has 0 unspecified atom stereocenters. The highest BCUT2D eigenvalue weighted by molar-refractivity contribution is 9.10. The minimum atomic E-state index is 0.358. The van der Waals surface area contributed by atoms with Crippen LogP contribution < -0.4 is 10.5 Å². The molecule has 0 amide bonds. The highest BCUT2D eigenvalue weighted by Crippen LogP contribution is 2.28. The fraction of sp³-hybridized carbons (Fsp3) is 0.154. The highest BCUT2D eigenvalue weighted by Gasteiger charge is 2.06. The fourth-order valence-electron chi connectivity index (χ4n) is 1.51. The first-order chi connectivity index (χ1) is 8.60. The number of rotatable bonds is 3. The van der Waals surface area contributed by atoms with Gasteiger partial charge in [0, 0.05) is 23.3 Å². The van der Waals surface area contributed by atoms with Gasteiger partial charge in [0.2, 0.25) is 5.88 Å². The van der Waals surface area contributed by atoms with Crippen molar-refractivity contribution in [1.82, 2.24) is 4.98 Å². The molecule has 18 heavy (non-hydrogen) atoms. The third-order valence-corrected chi connectivity index (χ3v) is 3.31. The number of hydrogen-bond acceptors (Lipinski definition) is 3. The van der Waals surface area contributed by atoms with Gasteiger partial charge in [-0.25, -0.2) is 4.98 Å². The molecular formula is C13H12BrClN2O. The summed E-state index contributed by atoms with van der Waals surface area (Å²) in [6.07, 6.45) is 1.55. The molecule has 0 aliphatic rings. The molecule has 94 valence electrons. The first kappa shape index (κ1) is 13.3. The topological polar surface area (TPSA) is 48.1 Å². The van der Waals surface area contributed by atoms with Crippen LogP contribution in [0.3, 0.4) is 0 Å². The van der Waals surface area contributed by atoms with Gasteiger partial charge in [-0.1, -0.05) is 27.5 Å². The van der Waals surface area contributed by atoms with Crippen LogP contribution in [0.2, 0.25) is 5.02 Å². The van der Waals surface area contributed by atoms with E-state index in [4.69, 9.17) is 22.1 Å². The summed E-state index contributed by atoms with van der Waals surface area (Å²) in [5, 5.41) is 0.553. The molecule has 0 fully saturated rings. The zero-order valence-electron chi connectivity index (χ0n) is 9.78. The minimum absolute atomic E-state index is 0.358. The van der Waals surface area contributed by atoms with Gasteiger partial charge in [0.15, 0.2) is 0 Å². The number of aromatic nitrogens is 1. The van der Waals surface area contributed by atoms with Crippen LogP contribution in [0.5, 0.6) is 11.6 Å². The largest absolute Gasteiger partial charge is 0.439 e. The molecule has 0 atom stereocenters. The SMILES string of the molecule is Cc1cc(Br)ccc1Oc1cc(CN)c(Cl)cn1. The molecule has 2 N–H and O–H groups in total. The third-order valence-electron chi connectivity index (χ3n) is 2.48. The van der Waals surface area contributed by atoms with Gasteiger partial charge >= 0.3 is 0 Å². The van der Waals surface area contributed by atoms with Gasteiger partial charge in [-0.15, -0.1) is 0 Å². The number of benzene rings is 1. The second-order valence-corrected chi connectivity index (χ2v) is 5.15. The van der Waals surface area contributed by atoms with Gasteiger partial charge in [0.05, 0.1) is 5.02 Å². The second kappa shape index (κ2) is 5.69. The van der Waals surface area contributed by atoms with E-state index in [1.165, 1.54) is 0 Å². The van der Waals surface area contributed by atoms with Crippen molar-refractivity contribution < 1.29 is 4.74 Å². The normalized spacial score (nSPS) is 10.4. The molecule has 2 rings (SSSR count). The number of halogens is 2. The predicted molar refractivity (Wildman–Crippen MR) is 76.1 cm³/mol. The molecule has 5 heteroatoms. The summed E-state index contributed by atoms with van der Waals surface area (Å²) >= 11 is 9.36. The quantitative estimate of drug-likeness (QED) is 0.925. The zero-order chi connectivity index (χ0) is 13.1. The summed E-state index contributed by atoms with van der Waals surface area (Å²) in [5.74, 6) is 1.25. The van der Waals surface area contributed by atoms with E-state index in [-0.39, 0.29) is 0 Å². The van der Waals surface area contributed by atoms with E-state index >= 15 is 0 Å². The van der Waals surface area contributed by atoms with Crippen LogP contribution in [0.1, 0.15) is 11.1 Å². The first-order valence-corrected chi connectivity index (χ1v) is 6.55. The van der Waals surface area contributed by atoms with E-state index in [0.717, 1.165) is 21.3 Å². The van der Waals surface area contributed by atoms with Crippen molar-refractivity contribution >= 4 is 27.5 Å². The molecule has 1 aromatic heterocycles. The summed E-state index contributed by atoms with van der Waals surface area (Å²) in [4.78, 5) is 4.12. The van der Waals surface area contributed by atoms with E-state index in [9.17, 15) is 0 Å². The van der Waals surface area contributed by atoms with Gasteiger partial charge in [-0.2, -0.15) is 0 Å².